The van der Waals surface area contributed by atoms with E-state index in [0.717, 1.165) is 51.4 Å². The Morgan fingerprint density at radius 2 is 1.63 bits per heavy atom. The van der Waals surface area contributed by atoms with Crippen LogP contribution in [0.15, 0.2) is 11.6 Å². The highest BCUT2D eigenvalue weighted by molar-refractivity contribution is 5.76. The summed E-state index contributed by atoms with van der Waals surface area (Å²) in [6.07, 6.45) is 13.0. The van der Waals surface area contributed by atoms with Gasteiger partial charge in [0.25, 0.3) is 0 Å². The number of carbonyl (C=O) groups is 1. The van der Waals surface area contributed by atoms with Crippen LogP contribution in [0.2, 0.25) is 0 Å². The quantitative estimate of drug-likeness (QED) is 0.327. The molecule has 5 aliphatic rings. The minimum atomic E-state index is -0.563. The first-order valence-corrected chi connectivity index (χ1v) is 14.3. The number of rotatable bonds is 3. The first-order chi connectivity index (χ1) is 16.2. The van der Waals surface area contributed by atoms with Crippen molar-refractivity contribution in [3.05, 3.63) is 11.6 Å². The third-order valence-electron chi connectivity index (χ3n) is 13.3. The van der Waals surface area contributed by atoms with Crippen molar-refractivity contribution in [2.24, 2.45) is 50.2 Å². The molecule has 1 unspecified atom stereocenters. The van der Waals surface area contributed by atoms with Gasteiger partial charge < -0.3 is 14.9 Å². The second kappa shape index (κ2) is 7.82. The molecule has 4 fully saturated rings. The van der Waals surface area contributed by atoms with E-state index < -0.39 is 11.4 Å². The Hall–Kier alpha value is -0.870. The molecule has 0 radical (unpaired) electrons. The largest absolute Gasteiger partial charge is 0.481 e. The number of carboxylic acid groups (broad SMARTS) is 1. The van der Waals surface area contributed by atoms with Gasteiger partial charge in [-0.3, -0.25) is 4.79 Å². The zero-order chi connectivity index (χ0) is 25.7. The highest BCUT2D eigenvalue weighted by Gasteiger charge is 2.69. The fourth-order valence-electron chi connectivity index (χ4n) is 11.0. The first kappa shape index (κ1) is 25.8. The third-order valence-corrected chi connectivity index (χ3v) is 13.3. The lowest BCUT2D eigenvalue weighted by Crippen LogP contribution is -2.65. The molecule has 35 heavy (non-hydrogen) atoms. The predicted molar refractivity (Wildman–Crippen MR) is 139 cm³/mol. The predicted octanol–water partition coefficient (Wildman–Crippen LogP) is 7.21. The van der Waals surface area contributed by atoms with Crippen LogP contribution in [0.4, 0.5) is 0 Å². The van der Waals surface area contributed by atoms with Crippen molar-refractivity contribution >= 4 is 5.97 Å². The average molecular weight is 487 g/mol. The van der Waals surface area contributed by atoms with Gasteiger partial charge in [-0.1, -0.05) is 60.1 Å². The van der Waals surface area contributed by atoms with Crippen LogP contribution in [0, 0.1) is 50.2 Å². The maximum atomic E-state index is 12.8. The molecule has 0 aromatic heterocycles. The normalized spacial score (nSPS) is 50.1. The van der Waals surface area contributed by atoms with Gasteiger partial charge in [-0.05, 0) is 109 Å². The molecule has 198 valence electrons. The van der Waals surface area contributed by atoms with E-state index in [0.29, 0.717) is 11.8 Å². The van der Waals surface area contributed by atoms with E-state index in [4.69, 9.17) is 4.74 Å². The molecule has 0 amide bonds. The molecule has 8 atom stereocenters. The molecule has 0 saturated heterocycles. The SMILES string of the molecule is CC1(C)CC[C@]2(C(=O)O)CC[C@]3(C)C(=CC[C@@H]4[C@@]5(C)CC[C@H](OCO)C(C)(C)C5CC[C@]43C)[C@H]2C1. The summed E-state index contributed by atoms with van der Waals surface area (Å²) in [5.74, 6) is 0.807. The zero-order valence-electron chi connectivity index (χ0n) is 23.4. The summed E-state index contributed by atoms with van der Waals surface area (Å²) in [5.41, 5.74) is 1.70. The lowest BCUT2D eigenvalue weighted by Gasteiger charge is -2.71. The number of allylic oxidation sites excluding steroid dienone is 2. The molecule has 4 heteroatoms. The van der Waals surface area contributed by atoms with Gasteiger partial charge in [-0.2, -0.15) is 0 Å². The Bertz CT molecular complexity index is 919. The van der Waals surface area contributed by atoms with Crippen LogP contribution in [0.25, 0.3) is 0 Å². The van der Waals surface area contributed by atoms with Gasteiger partial charge in [-0.25, -0.2) is 0 Å². The van der Waals surface area contributed by atoms with Crippen LogP contribution in [0.3, 0.4) is 0 Å². The smallest absolute Gasteiger partial charge is 0.310 e. The summed E-state index contributed by atoms with van der Waals surface area (Å²) in [4.78, 5) is 12.8. The van der Waals surface area contributed by atoms with E-state index in [-0.39, 0.29) is 45.9 Å². The topological polar surface area (TPSA) is 66.8 Å². The molecule has 0 aromatic rings. The van der Waals surface area contributed by atoms with E-state index in [1.54, 1.807) is 0 Å². The van der Waals surface area contributed by atoms with Crippen molar-refractivity contribution in [3.63, 3.8) is 0 Å². The van der Waals surface area contributed by atoms with Crippen LogP contribution >= 0.6 is 0 Å². The van der Waals surface area contributed by atoms with Gasteiger partial charge in [-0.15, -0.1) is 0 Å². The van der Waals surface area contributed by atoms with Crippen LogP contribution in [0.1, 0.15) is 113 Å². The van der Waals surface area contributed by atoms with Gasteiger partial charge in [0, 0.05) is 0 Å². The third kappa shape index (κ3) is 3.27. The lowest BCUT2D eigenvalue weighted by molar-refractivity contribution is -0.222. The number of aliphatic carboxylic acids is 1. The fourth-order valence-corrected chi connectivity index (χ4v) is 11.0. The summed E-state index contributed by atoms with van der Waals surface area (Å²) < 4.78 is 5.86. The first-order valence-electron chi connectivity index (χ1n) is 14.3. The van der Waals surface area contributed by atoms with Crippen molar-refractivity contribution in [1.82, 2.24) is 0 Å². The van der Waals surface area contributed by atoms with Crippen LogP contribution in [0.5, 0.6) is 0 Å². The second-order valence-electron chi connectivity index (χ2n) is 15.3. The van der Waals surface area contributed by atoms with Gasteiger partial charge in [0.05, 0.1) is 11.5 Å². The number of aliphatic hydroxyl groups is 1. The number of aliphatic hydroxyl groups excluding tert-OH is 1. The monoisotopic (exact) mass is 486 g/mol. The minimum Gasteiger partial charge on any atom is -0.481 e. The number of hydrogen-bond donors (Lipinski definition) is 2. The van der Waals surface area contributed by atoms with Crippen molar-refractivity contribution in [2.45, 2.75) is 119 Å². The average Bonchev–Trinajstić information content (AvgIpc) is 2.75. The number of fused-ring (bicyclic) bond motifs is 7. The number of carboxylic acids is 1. The molecule has 5 rings (SSSR count). The minimum absolute atomic E-state index is 0.0420. The highest BCUT2D eigenvalue weighted by Crippen LogP contribution is 2.75. The Morgan fingerprint density at radius 1 is 0.943 bits per heavy atom. The lowest BCUT2D eigenvalue weighted by atomic mass is 9.33. The summed E-state index contributed by atoms with van der Waals surface area (Å²) >= 11 is 0. The molecule has 0 spiro atoms. The van der Waals surface area contributed by atoms with E-state index in [1.807, 2.05) is 0 Å². The van der Waals surface area contributed by atoms with E-state index in [9.17, 15) is 15.0 Å². The summed E-state index contributed by atoms with van der Waals surface area (Å²) in [6, 6.07) is 0. The van der Waals surface area contributed by atoms with Crippen LogP contribution in [-0.2, 0) is 9.53 Å². The molecule has 2 N–H and O–H groups in total. The summed E-state index contributed by atoms with van der Waals surface area (Å²) in [7, 11) is 0. The second-order valence-corrected chi connectivity index (χ2v) is 15.3. The van der Waals surface area contributed by atoms with Gasteiger partial charge in [0.1, 0.15) is 6.79 Å². The van der Waals surface area contributed by atoms with Crippen molar-refractivity contribution in [3.8, 4) is 0 Å². The molecule has 0 bridgehead atoms. The molecule has 4 nitrogen and oxygen atoms in total. The van der Waals surface area contributed by atoms with Crippen molar-refractivity contribution in [2.75, 3.05) is 6.79 Å². The van der Waals surface area contributed by atoms with E-state index in [1.165, 1.54) is 18.4 Å². The number of ether oxygens (including phenoxy) is 1. The highest BCUT2D eigenvalue weighted by atomic mass is 16.6. The fraction of sp³-hybridized carbons (Fsp3) is 0.903. The van der Waals surface area contributed by atoms with Crippen LogP contribution in [-0.4, -0.2) is 29.1 Å². The zero-order valence-corrected chi connectivity index (χ0v) is 23.4. The Balaban J connectivity index is 1.56. The Labute approximate surface area is 213 Å². The maximum Gasteiger partial charge on any atom is 0.310 e. The molecule has 0 aliphatic heterocycles. The number of hydrogen-bond acceptors (Lipinski definition) is 3. The Kier molecular flexibility index (Phi) is 5.76. The maximum absolute atomic E-state index is 12.8. The summed E-state index contributed by atoms with van der Waals surface area (Å²) in [5, 5.41) is 20.1. The Morgan fingerprint density at radius 3 is 2.29 bits per heavy atom. The molecule has 0 aromatic carbocycles. The van der Waals surface area contributed by atoms with Crippen molar-refractivity contribution < 1.29 is 19.7 Å². The standard InChI is InChI=1S/C31H50O4/c1-26(2)14-16-31(25(33)34)17-15-29(6)20(21(31)18-26)8-9-23-28(5)12-11-24(35-19-32)27(3,4)22(28)10-13-30(23,29)7/h8,21-24,32H,9-19H2,1-7H3,(H,33,34)/t21-,22?,23-,24+,28+,29-,30-,31+/m1/s1. The molecular formula is C31H50O4. The van der Waals surface area contributed by atoms with Gasteiger partial charge >= 0.3 is 5.97 Å². The van der Waals surface area contributed by atoms with E-state index in [2.05, 4.69) is 54.5 Å². The molecule has 0 heterocycles. The van der Waals surface area contributed by atoms with Crippen LogP contribution < -0.4 is 0 Å². The molecule has 4 saturated carbocycles. The summed E-state index contributed by atoms with van der Waals surface area (Å²) in [6.45, 7) is 16.9. The van der Waals surface area contributed by atoms with Crippen molar-refractivity contribution in [1.29, 1.82) is 0 Å². The van der Waals surface area contributed by atoms with Gasteiger partial charge in [0.15, 0.2) is 0 Å². The molecular weight excluding hydrogens is 436 g/mol. The van der Waals surface area contributed by atoms with Gasteiger partial charge in [0.2, 0.25) is 0 Å². The van der Waals surface area contributed by atoms with E-state index >= 15 is 0 Å². The molecule has 5 aliphatic carbocycles.